The van der Waals surface area contributed by atoms with Crippen molar-refractivity contribution in [3.8, 4) is 11.5 Å². The Balaban J connectivity index is 2.28. The number of aryl methyl sites for hydroxylation is 1. The lowest BCUT2D eigenvalue weighted by Gasteiger charge is -2.12. The van der Waals surface area contributed by atoms with E-state index in [1.54, 1.807) is 18.2 Å². The highest BCUT2D eigenvalue weighted by Crippen LogP contribution is 2.32. The molecule has 0 bridgehead atoms. The number of anilines is 1. The van der Waals surface area contributed by atoms with Crippen molar-refractivity contribution in [3.63, 3.8) is 0 Å². The highest BCUT2D eigenvalue weighted by Gasteiger charge is 2.07. The normalized spacial score (nSPS) is 10.1. The van der Waals surface area contributed by atoms with E-state index in [0.29, 0.717) is 22.2 Å². The van der Waals surface area contributed by atoms with Crippen LogP contribution in [0.1, 0.15) is 12.5 Å². The van der Waals surface area contributed by atoms with Gasteiger partial charge in [0.2, 0.25) is 5.91 Å². The van der Waals surface area contributed by atoms with Crippen molar-refractivity contribution >= 4 is 23.2 Å². The second kappa shape index (κ2) is 5.76. The van der Waals surface area contributed by atoms with E-state index in [0.717, 1.165) is 5.56 Å². The van der Waals surface area contributed by atoms with Gasteiger partial charge in [0.1, 0.15) is 5.75 Å². The Morgan fingerprint density at radius 3 is 2.47 bits per heavy atom. The zero-order valence-electron chi connectivity index (χ0n) is 10.7. The molecule has 0 saturated heterocycles. The molecule has 0 aliphatic heterocycles. The minimum atomic E-state index is -0.170. The smallest absolute Gasteiger partial charge is 0.221 e. The maximum Gasteiger partial charge on any atom is 0.221 e. The third kappa shape index (κ3) is 3.73. The largest absolute Gasteiger partial charge is 0.455 e. The lowest BCUT2D eigenvalue weighted by molar-refractivity contribution is -0.114. The van der Waals surface area contributed by atoms with E-state index in [2.05, 4.69) is 5.32 Å². The van der Waals surface area contributed by atoms with Gasteiger partial charge in [-0.1, -0.05) is 29.3 Å². The molecule has 0 aromatic heterocycles. The van der Waals surface area contributed by atoms with E-state index in [4.69, 9.17) is 16.3 Å². The standard InChI is InChI=1S/C15H14ClNO2/c1-10-3-6-13(7-4-10)19-15-8-5-12(16)9-14(15)17-11(2)18/h3-9H,1-2H3,(H,17,18). The van der Waals surface area contributed by atoms with Crippen molar-refractivity contribution in [1.82, 2.24) is 0 Å². The molecule has 0 aliphatic rings. The van der Waals surface area contributed by atoms with Crippen molar-refractivity contribution < 1.29 is 9.53 Å². The summed E-state index contributed by atoms with van der Waals surface area (Å²) in [6, 6.07) is 12.8. The number of benzene rings is 2. The monoisotopic (exact) mass is 275 g/mol. The van der Waals surface area contributed by atoms with Crippen LogP contribution in [0.25, 0.3) is 0 Å². The van der Waals surface area contributed by atoms with Gasteiger partial charge in [0.05, 0.1) is 5.69 Å². The van der Waals surface area contributed by atoms with Gasteiger partial charge in [0.15, 0.2) is 5.75 Å². The fourth-order valence-corrected chi connectivity index (χ4v) is 1.78. The Morgan fingerprint density at radius 1 is 1.16 bits per heavy atom. The van der Waals surface area contributed by atoms with Gasteiger partial charge in [-0.3, -0.25) is 4.79 Å². The first kappa shape index (κ1) is 13.4. The predicted molar refractivity (Wildman–Crippen MR) is 77.0 cm³/mol. The van der Waals surface area contributed by atoms with E-state index in [-0.39, 0.29) is 5.91 Å². The molecule has 0 aliphatic carbocycles. The highest BCUT2D eigenvalue weighted by molar-refractivity contribution is 6.31. The number of hydrogen-bond acceptors (Lipinski definition) is 2. The van der Waals surface area contributed by atoms with Crippen LogP contribution >= 0.6 is 11.6 Å². The summed E-state index contributed by atoms with van der Waals surface area (Å²) < 4.78 is 5.75. The molecule has 0 saturated carbocycles. The van der Waals surface area contributed by atoms with Crippen LogP contribution in [0.3, 0.4) is 0 Å². The number of hydrogen-bond donors (Lipinski definition) is 1. The summed E-state index contributed by atoms with van der Waals surface area (Å²) in [6.07, 6.45) is 0. The predicted octanol–water partition coefficient (Wildman–Crippen LogP) is 4.40. The molecule has 98 valence electrons. The number of nitrogens with one attached hydrogen (secondary N) is 1. The number of carbonyl (C=O) groups excluding carboxylic acids is 1. The number of amides is 1. The summed E-state index contributed by atoms with van der Waals surface area (Å²) in [7, 11) is 0. The number of halogens is 1. The van der Waals surface area contributed by atoms with Crippen LogP contribution in [-0.4, -0.2) is 5.91 Å². The SMILES string of the molecule is CC(=O)Nc1cc(Cl)ccc1Oc1ccc(C)cc1. The molecule has 0 radical (unpaired) electrons. The fourth-order valence-electron chi connectivity index (χ4n) is 1.61. The number of carbonyl (C=O) groups is 1. The molecule has 0 unspecified atom stereocenters. The third-order valence-electron chi connectivity index (χ3n) is 2.50. The zero-order valence-corrected chi connectivity index (χ0v) is 11.5. The van der Waals surface area contributed by atoms with Gasteiger partial charge in [0.25, 0.3) is 0 Å². The topological polar surface area (TPSA) is 38.3 Å². The lowest BCUT2D eigenvalue weighted by Crippen LogP contribution is -2.06. The van der Waals surface area contributed by atoms with Gasteiger partial charge in [-0.2, -0.15) is 0 Å². The maximum atomic E-state index is 11.2. The Bertz CT molecular complexity index is 594. The van der Waals surface area contributed by atoms with Gasteiger partial charge in [-0.25, -0.2) is 0 Å². The van der Waals surface area contributed by atoms with Crippen LogP contribution in [-0.2, 0) is 4.79 Å². The van der Waals surface area contributed by atoms with E-state index >= 15 is 0 Å². The van der Waals surface area contributed by atoms with Crippen LogP contribution in [0.4, 0.5) is 5.69 Å². The summed E-state index contributed by atoms with van der Waals surface area (Å²) in [5, 5.41) is 3.24. The quantitative estimate of drug-likeness (QED) is 0.902. The van der Waals surface area contributed by atoms with Gasteiger partial charge >= 0.3 is 0 Å². The van der Waals surface area contributed by atoms with E-state index in [1.807, 2.05) is 31.2 Å². The third-order valence-corrected chi connectivity index (χ3v) is 2.74. The van der Waals surface area contributed by atoms with Crippen LogP contribution in [0.2, 0.25) is 5.02 Å². The molecule has 1 amide bonds. The van der Waals surface area contributed by atoms with Crippen molar-refractivity contribution in [2.24, 2.45) is 0 Å². The number of ether oxygens (including phenoxy) is 1. The summed E-state index contributed by atoms with van der Waals surface area (Å²) in [5.74, 6) is 1.10. The second-order valence-corrected chi connectivity index (χ2v) is 4.67. The molecule has 1 N–H and O–H groups in total. The average Bonchev–Trinajstić information content (AvgIpc) is 2.34. The Labute approximate surface area is 117 Å². The van der Waals surface area contributed by atoms with Crippen molar-refractivity contribution in [3.05, 3.63) is 53.1 Å². The fraction of sp³-hybridized carbons (Fsp3) is 0.133. The molecule has 0 atom stereocenters. The first-order chi connectivity index (χ1) is 9.04. The molecule has 2 rings (SSSR count). The van der Waals surface area contributed by atoms with Crippen LogP contribution in [0.5, 0.6) is 11.5 Å². The van der Waals surface area contributed by atoms with Crippen molar-refractivity contribution in [1.29, 1.82) is 0 Å². The summed E-state index contributed by atoms with van der Waals surface area (Å²) in [5.41, 5.74) is 1.71. The van der Waals surface area contributed by atoms with Gasteiger partial charge < -0.3 is 10.1 Å². The van der Waals surface area contributed by atoms with Gasteiger partial charge in [0, 0.05) is 11.9 Å². The second-order valence-electron chi connectivity index (χ2n) is 4.24. The zero-order chi connectivity index (χ0) is 13.8. The Morgan fingerprint density at radius 2 is 1.84 bits per heavy atom. The van der Waals surface area contributed by atoms with Gasteiger partial charge in [-0.05, 0) is 37.3 Å². The minimum Gasteiger partial charge on any atom is -0.455 e. The van der Waals surface area contributed by atoms with Crippen LogP contribution < -0.4 is 10.1 Å². The molecule has 2 aromatic carbocycles. The first-order valence-electron chi connectivity index (χ1n) is 5.86. The van der Waals surface area contributed by atoms with Crippen molar-refractivity contribution in [2.75, 3.05) is 5.32 Å². The summed E-state index contributed by atoms with van der Waals surface area (Å²) in [4.78, 5) is 11.2. The minimum absolute atomic E-state index is 0.170. The molecule has 4 heteroatoms. The lowest BCUT2D eigenvalue weighted by atomic mass is 10.2. The number of rotatable bonds is 3. The molecule has 0 spiro atoms. The Kier molecular flexibility index (Phi) is 4.07. The molecular formula is C15H14ClNO2. The molecule has 2 aromatic rings. The molecule has 3 nitrogen and oxygen atoms in total. The first-order valence-corrected chi connectivity index (χ1v) is 6.24. The summed E-state index contributed by atoms with van der Waals surface area (Å²) in [6.45, 7) is 3.45. The molecule has 0 fully saturated rings. The highest BCUT2D eigenvalue weighted by atomic mass is 35.5. The average molecular weight is 276 g/mol. The van der Waals surface area contributed by atoms with Crippen molar-refractivity contribution in [2.45, 2.75) is 13.8 Å². The van der Waals surface area contributed by atoms with Gasteiger partial charge in [-0.15, -0.1) is 0 Å². The molecular weight excluding hydrogens is 262 g/mol. The molecule has 19 heavy (non-hydrogen) atoms. The van der Waals surface area contributed by atoms with E-state index in [1.165, 1.54) is 6.92 Å². The molecule has 0 heterocycles. The summed E-state index contributed by atoms with van der Waals surface area (Å²) >= 11 is 5.92. The van der Waals surface area contributed by atoms with E-state index in [9.17, 15) is 4.79 Å². The Hall–Kier alpha value is -2.00. The maximum absolute atomic E-state index is 11.2. The van der Waals surface area contributed by atoms with Crippen LogP contribution in [0, 0.1) is 6.92 Å². The van der Waals surface area contributed by atoms with E-state index < -0.39 is 0 Å². The van der Waals surface area contributed by atoms with Crippen LogP contribution in [0.15, 0.2) is 42.5 Å².